The van der Waals surface area contributed by atoms with Crippen molar-refractivity contribution in [2.45, 2.75) is 0 Å². The van der Waals surface area contributed by atoms with E-state index in [2.05, 4.69) is 0 Å². The van der Waals surface area contributed by atoms with E-state index in [0.29, 0.717) is 0 Å². The number of hydrogen-bond donors (Lipinski definition) is 0. The van der Waals surface area contributed by atoms with Crippen LogP contribution in [0.5, 0.6) is 0 Å². The molecule has 0 aliphatic heterocycles. The summed E-state index contributed by atoms with van der Waals surface area (Å²) in [4.78, 5) is 0. The Morgan fingerprint density at radius 2 is 1.00 bits per heavy atom. The van der Waals surface area contributed by atoms with Gasteiger partial charge in [-0.15, -0.1) is 0 Å². The van der Waals surface area contributed by atoms with Gasteiger partial charge in [-0.1, -0.05) is 0 Å². The molecule has 0 radical (unpaired) electrons. The number of hydrogen-bond acceptors (Lipinski definition) is 0. The Bertz CT molecular complexity index is 8.00. The maximum absolute atomic E-state index is 0. The second kappa shape index (κ2) is 16.1. The van der Waals surface area contributed by atoms with E-state index in [1.54, 1.807) is 0 Å². The normalized spacial score (nSPS) is 0. The van der Waals surface area contributed by atoms with Gasteiger partial charge in [-0.05, 0) is 0 Å². The minimum absolute atomic E-state index is 0. The molecule has 0 bridgehead atoms. The van der Waals surface area contributed by atoms with Crippen LogP contribution >= 0.6 is 0 Å². The maximum atomic E-state index is 0. The van der Waals surface area contributed by atoms with Gasteiger partial charge in [0.1, 0.15) is 0 Å². The molecule has 0 aromatic carbocycles. The minimum Gasteiger partial charge on any atom is 0 e. The second-order valence-corrected chi connectivity index (χ2v) is 0. The largest absolute Gasteiger partial charge is 0 e. The van der Waals surface area contributed by atoms with Gasteiger partial charge in [-0.2, -0.15) is 0 Å². The van der Waals surface area contributed by atoms with Crippen molar-refractivity contribution < 1.29 is 80.1 Å². The molecule has 4 heavy (non-hydrogen) atoms. The molecule has 0 saturated carbocycles. The molecule has 0 spiro atoms. The van der Waals surface area contributed by atoms with Gasteiger partial charge in [0.05, 0.1) is 0 Å². The molecule has 0 rings (SSSR count). The van der Waals surface area contributed by atoms with Crippen LogP contribution in [0.25, 0.3) is 0 Å². The van der Waals surface area contributed by atoms with Crippen LogP contribution in [0.2, 0.25) is 0 Å². The van der Waals surface area contributed by atoms with Crippen LogP contribution in [0.15, 0.2) is 0 Å². The van der Waals surface area contributed by atoms with E-state index in [4.69, 9.17) is 0 Å². The molecule has 30 valence electrons. The molecular weight excluding hydrogens is 439 g/mol. The van der Waals surface area contributed by atoms with E-state index in [0.717, 1.165) is 0 Å². The molecule has 0 amide bonds. The van der Waals surface area contributed by atoms with E-state index in [9.17, 15) is 0 Å². The van der Waals surface area contributed by atoms with Gasteiger partial charge in [0.15, 0.2) is 0 Å². The summed E-state index contributed by atoms with van der Waals surface area (Å²) in [7, 11) is 0. The SMILES string of the molecule is [Er].[Mo].[TeH2].[Ti]. The third-order valence-corrected chi connectivity index (χ3v) is 0. The summed E-state index contributed by atoms with van der Waals surface area (Å²) in [5.41, 5.74) is 0. The van der Waals surface area contributed by atoms with Gasteiger partial charge in [-0.25, -0.2) is 0 Å². The molecule has 0 heterocycles. The van der Waals surface area contributed by atoms with Crippen LogP contribution in [0.3, 0.4) is 0 Å². The van der Waals surface area contributed by atoms with Gasteiger partial charge in [-0.3, -0.25) is 0 Å². The van der Waals surface area contributed by atoms with E-state index < -0.39 is 0 Å². The van der Waals surface area contributed by atoms with Gasteiger partial charge in [0.2, 0.25) is 0 Å². The molecule has 0 aliphatic rings. The van der Waals surface area contributed by atoms with E-state index in [1.807, 2.05) is 0 Å². The van der Waals surface area contributed by atoms with Gasteiger partial charge in [0, 0.05) is 80.1 Å². The van der Waals surface area contributed by atoms with Crippen LogP contribution < -0.4 is 0 Å². The molecule has 0 nitrogen and oxygen atoms in total. The molecule has 4 heteroatoms. The third kappa shape index (κ3) is 9.06. The zero-order valence-electron chi connectivity index (χ0n) is 1.70. The number of rotatable bonds is 0. The molecular formula is H2ErMoTeTi. The quantitative estimate of drug-likeness (QED) is 0.428. The van der Waals surface area contributed by atoms with E-state index in [1.165, 1.54) is 0 Å². The predicted molar refractivity (Wildman–Crippen MR) is 8.54 cm³/mol. The Hall–Kier alpha value is 3.44. The average molecular weight is 441 g/mol. The molecule has 0 unspecified atom stereocenters. The zero-order chi connectivity index (χ0) is 0. The summed E-state index contributed by atoms with van der Waals surface area (Å²) in [5, 5.41) is 0. The Morgan fingerprint density at radius 3 is 1.00 bits per heavy atom. The molecule has 0 saturated heterocycles. The van der Waals surface area contributed by atoms with Crippen molar-refractivity contribution >= 4 is 23.7 Å². The Morgan fingerprint density at radius 1 is 1.00 bits per heavy atom. The molecule has 0 aromatic rings. The smallest absolute Gasteiger partial charge is 0 e. The predicted octanol–water partition coefficient (Wildman–Crippen LogP) is -0.921. The van der Waals surface area contributed by atoms with E-state index >= 15 is 0 Å². The topological polar surface area (TPSA) is 0 Å². The van der Waals surface area contributed by atoms with Gasteiger partial charge < -0.3 is 0 Å². The van der Waals surface area contributed by atoms with Crippen molar-refractivity contribution in [3.8, 4) is 0 Å². The average Bonchev–Trinajstić information content (AvgIpc) is 0. The third-order valence-electron chi connectivity index (χ3n) is 0. The van der Waals surface area contributed by atoms with Crippen LogP contribution in [-0.2, 0) is 42.8 Å². The standard InChI is InChI=1S/Er.Mo.H2Te.Ti/h;;1H2;. The summed E-state index contributed by atoms with van der Waals surface area (Å²) in [6, 6.07) is 0. The zero-order valence-corrected chi connectivity index (χ0v) is 9.97. The van der Waals surface area contributed by atoms with Crippen molar-refractivity contribution in [1.82, 2.24) is 0 Å². The van der Waals surface area contributed by atoms with Crippen LogP contribution in [0, 0.1) is 37.3 Å². The summed E-state index contributed by atoms with van der Waals surface area (Å²) in [5.74, 6) is 0. The van der Waals surface area contributed by atoms with Crippen LogP contribution in [0.1, 0.15) is 0 Å². The maximum Gasteiger partial charge on any atom is 0 e. The molecule has 0 fully saturated rings. The van der Waals surface area contributed by atoms with Crippen molar-refractivity contribution in [3.05, 3.63) is 0 Å². The molecule has 0 N–H and O–H groups in total. The van der Waals surface area contributed by atoms with Crippen molar-refractivity contribution in [1.29, 1.82) is 0 Å². The fraction of sp³-hybridized carbons (Fsp3) is 0. The summed E-state index contributed by atoms with van der Waals surface area (Å²) in [6.45, 7) is 0. The van der Waals surface area contributed by atoms with Crippen molar-refractivity contribution in [2.75, 3.05) is 0 Å². The summed E-state index contributed by atoms with van der Waals surface area (Å²) in [6.07, 6.45) is 0. The molecule has 0 atom stereocenters. The Balaban J connectivity index is 0. The summed E-state index contributed by atoms with van der Waals surface area (Å²) < 4.78 is 0. The first-order valence-corrected chi connectivity index (χ1v) is 0. The monoisotopic (exact) mass is 444 g/mol. The van der Waals surface area contributed by atoms with Crippen molar-refractivity contribution in [2.24, 2.45) is 0 Å². The van der Waals surface area contributed by atoms with Crippen LogP contribution in [-0.4, -0.2) is 23.7 Å². The first-order chi connectivity index (χ1) is 0. The van der Waals surface area contributed by atoms with Crippen LogP contribution in [0.4, 0.5) is 0 Å². The molecule has 0 aliphatic carbocycles. The van der Waals surface area contributed by atoms with E-state index in [-0.39, 0.29) is 104 Å². The van der Waals surface area contributed by atoms with Gasteiger partial charge >= 0.3 is 23.7 Å². The minimum atomic E-state index is 0. The first kappa shape index (κ1) is 26.1. The molecule has 0 aromatic heterocycles. The Kier molecular flexibility index (Phi) is 105. The van der Waals surface area contributed by atoms with Gasteiger partial charge in [0.25, 0.3) is 0 Å². The first-order valence-electron chi connectivity index (χ1n) is 0. The Labute approximate surface area is 101 Å². The fourth-order valence-electron chi connectivity index (χ4n) is 0. The summed E-state index contributed by atoms with van der Waals surface area (Å²) >= 11 is 0. The van der Waals surface area contributed by atoms with Crippen molar-refractivity contribution in [3.63, 3.8) is 0 Å². The second-order valence-electron chi connectivity index (χ2n) is 0. The fourth-order valence-corrected chi connectivity index (χ4v) is 0.